The van der Waals surface area contributed by atoms with Gasteiger partial charge in [-0.2, -0.15) is 0 Å². The molecule has 1 fully saturated rings. The number of likely N-dealkylation sites (tertiary alicyclic amines) is 1. The van der Waals surface area contributed by atoms with Crippen LogP contribution in [0.25, 0.3) is 10.9 Å². The second-order valence-electron chi connectivity index (χ2n) is 21.9. The molecule has 0 radical (unpaired) electrons. The third-order valence-corrected chi connectivity index (χ3v) is 14.5. The number of fused-ring (bicyclic) bond motifs is 1. The Hall–Kier alpha value is -9.55. The van der Waals surface area contributed by atoms with Crippen LogP contribution in [0, 0.1) is 11.3 Å². The van der Waals surface area contributed by atoms with Gasteiger partial charge in [-0.05, 0) is 79.1 Å². The number of hydrogen-bond acceptors (Lipinski definition) is 15. The van der Waals surface area contributed by atoms with E-state index in [4.69, 9.17) is 28.5 Å². The zero-order valence-corrected chi connectivity index (χ0v) is 50.5. The fraction of sp³-hybridized carbons (Fsp3) is 0.448. The van der Waals surface area contributed by atoms with Crippen LogP contribution in [0.15, 0.2) is 79.0 Å². The number of H-pyrrole nitrogens is 1. The molecule has 4 aromatic rings. The van der Waals surface area contributed by atoms with E-state index in [2.05, 4.69) is 63.7 Å². The van der Waals surface area contributed by atoms with Gasteiger partial charge in [0.15, 0.2) is 5.96 Å². The molecule has 89 heavy (non-hydrogen) atoms. The molecule has 20 N–H and O–H groups in total. The Balaban J connectivity index is 1.29. The summed E-state index contributed by atoms with van der Waals surface area (Å²) in [5, 5.41) is 63.2. The predicted octanol–water partition coefficient (Wildman–Crippen LogP) is -2.54. The minimum absolute atomic E-state index is 0.000929. The van der Waals surface area contributed by atoms with Crippen LogP contribution in [0.1, 0.15) is 76.5 Å². The number of hydrogen-bond donors (Lipinski definition) is 18. The number of benzene rings is 3. The van der Waals surface area contributed by atoms with Crippen LogP contribution in [-0.2, 0) is 67.2 Å². The van der Waals surface area contributed by atoms with Gasteiger partial charge in [-0.1, -0.05) is 67.9 Å². The monoisotopic (exact) mass is 1260 g/mol. The molecule has 1 aliphatic heterocycles. The Morgan fingerprint density at radius 2 is 1.31 bits per heavy atom. The first kappa shape index (κ1) is 70.2. The number of primary amides is 2. The fourth-order valence-corrected chi connectivity index (χ4v) is 9.88. The van der Waals surface area contributed by atoms with Gasteiger partial charge in [0.2, 0.25) is 53.2 Å². The molecule has 10 atom stereocenters. The summed E-state index contributed by atoms with van der Waals surface area (Å²) in [4.78, 5) is 153. The first-order valence-corrected chi connectivity index (χ1v) is 29.0. The fourth-order valence-electron chi connectivity index (χ4n) is 9.75. The summed E-state index contributed by atoms with van der Waals surface area (Å²) < 4.78 is 0. The van der Waals surface area contributed by atoms with Crippen molar-refractivity contribution in [2.24, 2.45) is 17.4 Å². The highest BCUT2D eigenvalue weighted by Gasteiger charge is 2.43. The van der Waals surface area contributed by atoms with Crippen molar-refractivity contribution in [3.63, 3.8) is 0 Å². The van der Waals surface area contributed by atoms with Gasteiger partial charge >= 0.3 is 6.03 Å². The number of aliphatic hydroxyl groups excluding tert-OH is 2. The molecule has 12 amide bonds. The number of hydrazine groups is 1. The van der Waals surface area contributed by atoms with Crippen molar-refractivity contribution in [2.45, 2.75) is 140 Å². The first-order chi connectivity index (χ1) is 42.1. The van der Waals surface area contributed by atoms with E-state index in [1.807, 2.05) is 24.3 Å². The zero-order chi connectivity index (χ0) is 65.6. The van der Waals surface area contributed by atoms with E-state index in [-0.39, 0.29) is 75.7 Å². The molecule has 1 aliphatic rings. The van der Waals surface area contributed by atoms with Gasteiger partial charge in [0, 0.05) is 74.9 Å². The molecular weight excluding hydrogens is 1180 g/mol. The second kappa shape index (κ2) is 33.5. The van der Waals surface area contributed by atoms with E-state index in [0.29, 0.717) is 21.7 Å². The van der Waals surface area contributed by atoms with Gasteiger partial charge in [0.25, 0.3) is 5.91 Å². The summed E-state index contributed by atoms with van der Waals surface area (Å²) in [7, 11) is 1.54. The number of aliphatic hydroxyl groups is 2. The molecule has 1 aromatic heterocycles. The van der Waals surface area contributed by atoms with Crippen molar-refractivity contribution in [1.29, 1.82) is 5.41 Å². The minimum Gasteiger partial charge on any atom is -0.508 e. The van der Waals surface area contributed by atoms with Gasteiger partial charge in [-0.3, -0.25) is 58.8 Å². The number of nitrogens with one attached hydrogen (secondary N) is 13. The molecule has 0 saturated carbocycles. The van der Waals surface area contributed by atoms with Crippen LogP contribution in [-0.4, -0.2) is 177 Å². The molecule has 3 aromatic carbocycles. The van der Waals surface area contributed by atoms with Crippen LogP contribution in [0.5, 0.6) is 5.75 Å². The van der Waals surface area contributed by atoms with Crippen molar-refractivity contribution < 1.29 is 68.1 Å². The van der Waals surface area contributed by atoms with Crippen molar-refractivity contribution >= 4 is 93.6 Å². The third kappa shape index (κ3) is 22.0. The van der Waals surface area contributed by atoms with Crippen LogP contribution in [0.3, 0.4) is 0 Å². The number of carbonyl (C=O) groups is 11. The number of aromatic amines is 1. The van der Waals surface area contributed by atoms with Crippen LogP contribution >= 0.6 is 11.6 Å². The van der Waals surface area contributed by atoms with E-state index in [1.54, 1.807) is 20.0 Å². The van der Waals surface area contributed by atoms with Crippen molar-refractivity contribution in [3.05, 3.63) is 101 Å². The number of phenolic OH excluding ortho intramolecular Hbond substituents is 1. The summed E-state index contributed by atoms with van der Waals surface area (Å²) in [6.07, 6.45) is -2.65. The summed E-state index contributed by atoms with van der Waals surface area (Å²) in [6.45, 7) is 5.62. The molecule has 0 bridgehead atoms. The number of rotatable bonds is 30. The van der Waals surface area contributed by atoms with Crippen LogP contribution in [0.4, 0.5) is 4.79 Å². The maximum atomic E-state index is 14.1. The number of aromatic hydroxyl groups is 1. The number of para-hydroxylation sites is 1. The lowest BCUT2D eigenvalue weighted by Gasteiger charge is -2.30. The molecule has 2 heterocycles. The maximum Gasteiger partial charge on any atom is 0.334 e. The lowest BCUT2D eigenvalue weighted by molar-refractivity contribution is -0.142. The normalized spacial score (nSPS) is 16.3. The Morgan fingerprint density at radius 3 is 1.93 bits per heavy atom. The lowest BCUT2D eigenvalue weighted by atomic mass is 10.0. The molecule has 31 heteroatoms. The first-order valence-electron chi connectivity index (χ1n) is 28.6. The van der Waals surface area contributed by atoms with Gasteiger partial charge in [-0.15, -0.1) is 0 Å². The Bertz CT molecular complexity index is 3180. The van der Waals surface area contributed by atoms with E-state index in [9.17, 15) is 68.1 Å². The quantitative estimate of drug-likeness (QED) is 0.0111. The Kier molecular flexibility index (Phi) is 26.5. The summed E-state index contributed by atoms with van der Waals surface area (Å²) in [5.74, 6) is -9.77. The van der Waals surface area contributed by atoms with Gasteiger partial charge in [-0.25, -0.2) is 10.2 Å². The molecule has 30 nitrogen and oxygen atoms in total. The molecule has 0 unspecified atom stereocenters. The van der Waals surface area contributed by atoms with E-state index in [1.165, 1.54) is 62.5 Å². The third-order valence-electron chi connectivity index (χ3n) is 14.2. The highest BCUT2D eigenvalue weighted by atomic mass is 35.5. The number of carbonyl (C=O) groups excluding carboxylic acids is 11. The van der Waals surface area contributed by atoms with Crippen molar-refractivity contribution in [2.75, 3.05) is 20.1 Å². The number of urea groups is 1. The van der Waals surface area contributed by atoms with Crippen LogP contribution in [0.2, 0.25) is 5.02 Å². The molecule has 482 valence electrons. The number of halogens is 1. The SMILES string of the molecule is CNC(=N)NCCC[C@H](NC(=O)[C@H](CC(C)C)NC(=O)NNC(=O)[C@H](Cc1ccc(Cl)cc1)NC(=O)[C@@H](NC(=O)[C@H](CC(N)=O)NC(=O)[C@@H]1C[C@@H](O)CN1C(=O)[C@@H](Cc1ccc(O)cc1)NC(C)=O)[C@@H](C)O)C(=O)N[C@@H](Cc1c[nH]c2ccccc12)C(N)=O. The highest BCUT2D eigenvalue weighted by molar-refractivity contribution is 6.30. The van der Waals surface area contributed by atoms with Gasteiger partial charge < -0.3 is 84.5 Å². The second-order valence-corrected chi connectivity index (χ2v) is 22.4. The summed E-state index contributed by atoms with van der Waals surface area (Å²) in [6, 6.07) is 6.04. The Labute approximate surface area is 517 Å². The smallest absolute Gasteiger partial charge is 0.334 e. The molecule has 0 aliphatic carbocycles. The standard InChI is InChI=1S/C58H79ClN16O14/c1-29(2)21-42(51(83)67-40(11-8-20-64-57(62)63-5)50(82)68-41(49(61)81)24-34-27-65-39-10-7-6-9-38(34)39)71-58(89)74-73-53(85)43(22-32-12-16-35(59)17-13-32)70-55(87)48(30(3)76)72-52(84)44(26-47(60)80)69-54(86)46-25-37(79)28-75(46)56(88)45(66-31(4)77)23-33-14-18-36(78)19-15-33/h6-7,9-10,12-19,27,29-30,37,40-46,48,65,76,78-79H,8,11,20-26,28H2,1-5H3,(H2,60,80)(H2,61,81)(H,66,77)(H,67,83)(H,68,82)(H,69,86)(H,70,87)(H,72,84)(H,73,85)(H3,62,63,64)(H2,71,74,89)/t30-,37-,40+,41+,42+,43+,44+,45-,46+,48+/m1/s1. The lowest BCUT2D eigenvalue weighted by Crippen LogP contribution is -2.62. The topological polar surface area (TPSA) is 476 Å². The highest BCUT2D eigenvalue weighted by Crippen LogP contribution is 2.23. The number of nitrogens with two attached hydrogens (primary N) is 2. The average molecular weight is 1260 g/mol. The predicted molar refractivity (Wildman–Crippen MR) is 324 cm³/mol. The van der Waals surface area contributed by atoms with E-state index in [0.717, 1.165) is 22.7 Å². The molecule has 5 rings (SSSR count). The van der Waals surface area contributed by atoms with Crippen molar-refractivity contribution in [3.8, 4) is 5.75 Å². The molecule has 1 saturated heterocycles. The largest absolute Gasteiger partial charge is 0.508 e. The maximum absolute atomic E-state index is 14.1. The summed E-state index contributed by atoms with van der Waals surface area (Å²) >= 11 is 6.12. The van der Waals surface area contributed by atoms with E-state index < -0.39 is 132 Å². The number of β-amino-alcohol motifs (C(OH)–C–C–N with tert-alkyl or cyclic N) is 1. The van der Waals surface area contributed by atoms with Crippen molar-refractivity contribution in [1.82, 2.24) is 68.6 Å². The zero-order valence-electron chi connectivity index (χ0n) is 49.7. The molecule has 0 spiro atoms. The van der Waals surface area contributed by atoms with Gasteiger partial charge in [0.1, 0.15) is 54.1 Å². The van der Waals surface area contributed by atoms with Crippen LogP contribution < -0.4 is 70.2 Å². The Morgan fingerprint density at radius 1 is 0.708 bits per heavy atom. The summed E-state index contributed by atoms with van der Waals surface area (Å²) in [5.41, 5.74) is 18.0. The number of guanidine groups is 1. The molecular formula is C58H79ClN16O14. The van der Waals surface area contributed by atoms with Gasteiger partial charge in [0.05, 0.1) is 18.6 Å². The number of phenols is 1. The number of amides is 12. The number of nitrogens with zero attached hydrogens (tertiary/aromatic N) is 1. The minimum atomic E-state index is -1.92. The average Bonchev–Trinajstić information content (AvgIpc) is 3.84. The van der Waals surface area contributed by atoms with E-state index >= 15 is 0 Å². The number of aromatic nitrogens is 1.